The molecule has 0 aliphatic rings. The number of nitrogens with zero attached hydrogens (tertiary/aromatic N) is 1. The minimum Gasteiger partial charge on any atom is -0.449 e. The molecule has 1 amide bonds. The molecular formula is C16H18N2O4. The van der Waals surface area contributed by atoms with Crippen LogP contribution in [0.25, 0.3) is 0 Å². The average molecular weight is 302 g/mol. The summed E-state index contributed by atoms with van der Waals surface area (Å²) in [4.78, 5) is 24.2. The van der Waals surface area contributed by atoms with Crippen LogP contribution in [-0.4, -0.2) is 23.1 Å². The number of amides is 1. The first kappa shape index (κ1) is 15.8. The molecule has 1 unspecified atom stereocenters. The van der Waals surface area contributed by atoms with Crippen LogP contribution in [-0.2, 0) is 9.53 Å². The number of aryl methyl sites for hydroxylation is 2. The molecule has 0 saturated heterocycles. The SMILES string of the molecule is CCC(OC(=O)c1ccc(C)cc1)C(=O)Nc1cc(C)on1. The topological polar surface area (TPSA) is 81.4 Å². The molecule has 1 atom stereocenters. The summed E-state index contributed by atoms with van der Waals surface area (Å²) in [5.41, 5.74) is 1.46. The van der Waals surface area contributed by atoms with Crippen LogP contribution in [0.1, 0.15) is 35.0 Å². The summed E-state index contributed by atoms with van der Waals surface area (Å²) in [5.74, 6) is -0.0815. The van der Waals surface area contributed by atoms with Gasteiger partial charge in [-0.25, -0.2) is 4.79 Å². The highest BCUT2D eigenvalue weighted by Crippen LogP contribution is 2.12. The predicted octanol–water partition coefficient (Wildman–Crippen LogP) is 2.87. The van der Waals surface area contributed by atoms with Crippen molar-refractivity contribution in [2.75, 3.05) is 5.32 Å². The second-order valence-corrected chi connectivity index (χ2v) is 4.98. The Morgan fingerprint density at radius 3 is 2.50 bits per heavy atom. The van der Waals surface area contributed by atoms with Crippen LogP contribution in [0.4, 0.5) is 5.82 Å². The molecular weight excluding hydrogens is 284 g/mol. The van der Waals surface area contributed by atoms with E-state index in [-0.39, 0.29) is 0 Å². The minimum absolute atomic E-state index is 0.298. The number of esters is 1. The maximum Gasteiger partial charge on any atom is 0.338 e. The number of rotatable bonds is 5. The third kappa shape index (κ3) is 3.94. The quantitative estimate of drug-likeness (QED) is 0.859. The molecule has 1 aromatic carbocycles. The van der Waals surface area contributed by atoms with E-state index >= 15 is 0 Å². The first-order valence-electron chi connectivity index (χ1n) is 7.01. The average Bonchev–Trinajstić information content (AvgIpc) is 2.90. The number of anilines is 1. The molecule has 1 aromatic heterocycles. The summed E-state index contributed by atoms with van der Waals surface area (Å²) in [6.07, 6.45) is -0.522. The van der Waals surface area contributed by atoms with E-state index in [1.807, 2.05) is 19.1 Å². The fourth-order valence-corrected chi connectivity index (χ4v) is 1.84. The first-order valence-corrected chi connectivity index (χ1v) is 7.01. The Bertz CT molecular complexity index is 661. The van der Waals surface area contributed by atoms with Gasteiger partial charge >= 0.3 is 5.97 Å². The molecule has 0 aliphatic carbocycles. The number of carbonyl (C=O) groups is 2. The molecule has 2 rings (SSSR count). The van der Waals surface area contributed by atoms with E-state index in [9.17, 15) is 9.59 Å². The van der Waals surface area contributed by atoms with Crippen molar-refractivity contribution in [2.45, 2.75) is 33.3 Å². The Morgan fingerprint density at radius 2 is 1.95 bits per heavy atom. The van der Waals surface area contributed by atoms with E-state index in [1.54, 1.807) is 32.0 Å². The third-order valence-electron chi connectivity index (χ3n) is 3.08. The van der Waals surface area contributed by atoms with Crippen molar-refractivity contribution >= 4 is 17.7 Å². The lowest BCUT2D eigenvalue weighted by Gasteiger charge is -2.15. The highest BCUT2D eigenvalue weighted by molar-refractivity contribution is 5.97. The molecule has 1 heterocycles. The van der Waals surface area contributed by atoms with E-state index in [0.717, 1.165) is 5.56 Å². The van der Waals surface area contributed by atoms with Crippen molar-refractivity contribution in [3.05, 3.63) is 47.2 Å². The second kappa shape index (κ2) is 6.89. The summed E-state index contributed by atoms with van der Waals surface area (Å²) in [7, 11) is 0. The first-order chi connectivity index (χ1) is 10.5. The van der Waals surface area contributed by atoms with Crippen LogP contribution >= 0.6 is 0 Å². The Balaban J connectivity index is 2.00. The zero-order valence-corrected chi connectivity index (χ0v) is 12.8. The number of hydrogen-bond acceptors (Lipinski definition) is 5. The molecule has 1 N–H and O–H groups in total. The Kier molecular flexibility index (Phi) is 4.93. The molecule has 0 saturated carbocycles. The monoisotopic (exact) mass is 302 g/mol. The fourth-order valence-electron chi connectivity index (χ4n) is 1.84. The summed E-state index contributed by atoms with van der Waals surface area (Å²) in [6, 6.07) is 8.56. The number of aromatic nitrogens is 1. The van der Waals surface area contributed by atoms with Crippen molar-refractivity contribution in [1.29, 1.82) is 0 Å². The van der Waals surface area contributed by atoms with E-state index < -0.39 is 18.0 Å². The lowest BCUT2D eigenvalue weighted by atomic mass is 10.1. The lowest BCUT2D eigenvalue weighted by molar-refractivity contribution is -0.124. The maximum atomic E-state index is 12.1. The fraction of sp³-hybridized carbons (Fsp3) is 0.312. The minimum atomic E-state index is -0.884. The van der Waals surface area contributed by atoms with Gasteiger partial charge in [0.05, 0.1) is 5.56 Å². The van der Waals surface area contributed by atoms with Gasteiger partial charge in [-0.05, 0) is 32.4 Å². The second-order valence-electron chi connectivity index (χ2n) is 4.98. The van der Waals surface area contributed by atoms with Crippen molar-refractivity contribution in [1.82, 2.24) is 5.16 Å². The van der Waals surface area contributed by atoms with Crippen LogP contribution in [0.15, 0.2) is 34.9 Å². The maximum absolute atomic E-state index is 12.1. The van der Waals surface area contributed by atoms with Crippen LogP contribution in [0.5, 0.6) is 0 Å². The zero-order valence-electron chi connectivity index (χ0n) is 12.8. The highest BCUT2D eigenvalue weighted by Gasteiger charge is 2.22. The van der Waals surface area contributed by atoms with E-state index in [1.165, 1.54) is 0 Å². The van der Waals surface area contributed by atoms with Crippen LogP contribution in [0, 0.1) is 13.8 Å². The normalized spacial score (nSPS) is 11.8. The van der Waals surface area contributed by atoms with Crippen molar-refractivity contribution in [2.24, 2.45) is 0 Å². The van der Waals surface area contributed by atoms with Gasteiger partial charge in [-0.1, -0.05) is 29.8 Å². The molecule has 6 nitrogen and oxygen atoms in total. The van der Waals surface area contributed by atoms with Crippen molar-refractivity contribution in [3.63, 3.8) is 0 Å². The number of nitrogens with one attached hydrogen (secondary N) is 1. The third-order valence-corrected chi connectivity index (χ3v) is 3.08. The summed E-state index contributed by atoms with van der Waals surface area (Å²) in [5, 5.41) is 6.23. The largest absolute Gasteiger partial charge is 0.449 e. The van der Waals surface area contributed by atoms with Gasteiger partial charge in [0.2, 0.25) is 0 Å². The summed E-state index contributed by atoms with van der Waals surface area (Å²) in [6.45, 7) is 5.41. The van der Waals surface area contributed by atoms with Crippen LogP contribution in [0.3, 0.4) is 0 Å². The highest BCUT2D eigenvalue weighted by atomic mass is 16.5. The molecule has 116 valence electrons. The van der Waals surface area contributed by atoms with E-state index in [0.29, 0.717) is 23.6 Å². The van der Waals surface area contributed by atoms with Gasteiger partial charge in [-0.2, -0.15) is 0 Å². The number of carbonyl (C=O) groups excluding carboxylic acids is 2. The summed E-state index contributed by atoms with van der Waals surface area (Å²) < 4.78 is 10.1. The van der Waals surface area contributed by atoms with Gasteiger partial charge in [0, 0.05) is 6.07 Å². The molecule has 22 heavy (non-hydrogen) atoms. The van der Waals surface area contributed by atoms with E-state index in [2.05, 4.69) is 10.5 Å². The predicted molar refractivity (Wildman–Crippen MR) is 80.5 cm³/mol. The number of ether oxygens (including phenoxy) is 1. The lowest BCUT2D eigenvalue weighted by Crippen LogP contribution is -2.32. The van der Waals surface area contributed by atoms with Gasteiger partial charge < -0.3 is 14.6 Å². The smallest absolute Gasteiger partial charge is 0.338 e. The number of hydrogen-bond donors (Lipinski definition) is 1. The van der Waals surface area contributed by atoms with E-state index in [4.69, 9.17) is 9.26 Å². The molecule has 0 aliphatic heterocycles. The standard InChI is InChI=1S/C16H18N2O4/c1-4-13(15(19)17-14-9-11(3)22-18-14)21-16(20)12-7-5-10(2)6-8-12/h5-9,13H,4H2,1-3H3,(H,17,18,19). The van der Waals surface area contributed by atoms with Gasteiger partial charge in [-0.3, -0.25) is 4.79 Å². The van der Waals surface area contributed by atoms with Crippen LogP contribution < -0.4 is 5.32 Å². The molecule has 0 radical (unpaired) electrons. The molecule has 2 aromatic rings. The molecule has 0 fully saturated rings. The molecule has 0 bridgehead atoms. The number of benzene rings is 1. The Morgan fingerprint density at radius 1 is 1.27 bits per heavy atom. The van der Waals surface area contributed by atoms with Crippen molar-refractivity contribution in [3.8, 4) is 0 Å². The van der Waals surface area contributed by atoms with Gasteiger partial charge in [-0.15, -0.1) is 0 Å². The van der Waals surface area contributed by atoms with Crippen LogP contribution in [0.2, 0.25) is 0 Å². The van der Waals surface area contributed by atoms with Gasteiger partial charge in [0.25, 0.3) is 5.91 Å². The molecule has 6 heteroatoms. The Labute approximate surface area is 128 Å². The van der Waals surface area contributed by atoms with Gasteiger partial charge in [0.1, 0.15) is 5.76 Å². The summed E-state index contributed by atoms with van der Waals surface area (Å²) >= 11 is 0. The molecule has 0 spiro atoms. The Hall–Kier alpha value is -2.63. The van der Waals surface area contributed by atoms with Gasteiger partial charge in [0.15, 0.2) is 11.9 Å². The zero-order chi connectivity index (χ0) is 16.1. The van der Waals surface area contributed by atoms with Crippen molar-refractivity contribution < 1.29 is 18.8 Å².